The van der Waals surface area contributed by atoms with E-state index in [4.69, 9.17) is 0 Å². The van der Waals surface area contributed by atoms with Gasteiger partial charge in [0.1, 0.15) is 0 Å². The standard InChI is InChI=1S/C17H21N5O/c1-14(16-4-2-3-7-19-16)20-17(23)22-12-10-21(11-13-22)15-5-8-18-9-6-15/h2-9,14H,10-13H2,1H3,(H,20,23)/t14-/m1/s1. The largest absolute Gasteiger partial charge is 0.368 e. The highest BCUT2D eigenvalue weighted by atomic mass is 16.2. The molecule has 3 rings (SSSR count). The van der Waals surface area contributed by atoms with Crippen molar-refractivity contribution < 1.29 is 4.79 Å². The number of aromatic nitrogens is 2. The Kier molecular flexibility index (Phi) is 4.71. The van der Waals surface area contributed by atoms with E-state index in [0.717, 1.165) is 24.5 Å². The second-order valence-corrected chi connectivity index (χ2v) is 5.61. The van der Waals surface area contributed by atoms with Crippen molar-refractivity contribution in [1.82, 2.24) is 20.2 Å². The normalized spacial score (nSPS) is 16.0. The molecule has 6 heteroatoms. The topological polar surface area (TPSA) is 61.4 Å². The van der Waals surface area contributed by atoms with E-state index < -0.39 is 0 Å². The monoisotopic (exact) mass is 311 g/mol. The first-order valence-corrected chi connectivity index (χ1v) is 7.85. The van der Waals surface area contributed by atoms with Gasteiger partial charge in [-0.2, -0.15) is 0 Å². The molecule has 0 unspecified atom stereocenters. The Hall–Kier alpha value is -2.63. The Bertz CT molecular complexity index is 626. The van der Waals surface area contributed by atoms with Gasteiger partial charge in [0.25, 0.3) is 0 Å². The average Bonchev–Trinajstić information content (AvgIpc) is 2.63. The van der Waals surface area contributed by atoms with Crippen molar-refractivity contribution >= 4 is 11.7 Å². The van der Waals surface area contributed by atoms with Crippen LogP contribution in [-0.2, 0) is 0 Å². The molecular weight excluding hydrogens is 290 g/mol. The molecule has 2 aromatic heterocycles. The highest BCUT2D eigenvalue weighted by Gasteiger charge is 2.22. The first-order chi connectivity index (χ1) is 11.2. The number of hydrogen-bond donors (Lipinski definition) is 1. The molecule has 1 aliphatic heterocycles. The first-order valence-electron chi connectivity index (χ1n) is 7.85. The highest BCUT2D eigenvalue weighted by Crippen LogP contribution is 2.15. The van der Waals surface area contributed by atoms with Crippen molar-refractivity contribution in [2.45, 2.75) is 13.0 Å². The van der Waals surface area contributed by atoms with E-state index in [1.165, 1.54) is 0 Å². The summed E-state index contributed by atoms with van der Waals surface area (Å²) in [4.78, 5) is 24.8. The summed E-state index contributed by atoms with van der Waals surface area (Å²) < 4.78 is 0. The number of anilines is 1. The van der Waals surface area contributed by atoms with E-state index in [2.05, 4.69) is 20.2 Å². The molecule has 2 aromatic rings. The number of amides is 2. The third-order valence-corrected chi connectivity index (χ3v) is 4.07. The molecule has 1 aliphatic rings. The Labute approximate surface area is 136 Å². The van der Waals surface area contributed by atoms with E-state index in [1.807, 2.05) is 42.2 Å². The fourth-order valence-electron chi connectivity index (χ4n) is 2.71. The van der Waals surface area contributed by atoms with E-state index in [1.54, 1.807) is 18.6 Å². The van der Waals surface area contributed by atoms with Crippen LogP contribution in [0.4, 0.5) is 10.5 Å². The number of hydrogen-bond acceptors (Lipinski definition) is 4. The van der Waals surface area contributed by atoms with Crippen molar-refractivity contribution in [3.05, 3.63) is 54.6 Å². The predicted octanol–water partition coefficient (Wildman–Crippen LogP) is 2.07. The molecule has 1 atom stereocenters. The minimum Gasteiger partial charge on any atom is -0.368 e. The van der Waals surface area contributed by atoms with Crippen LogP contribution in [0.15, 0.2) is 48.9 Å². The quantitative estimate of drug-likeness (QED) is 0.942. The molecule has 23 heavy (non-hydrogen) atoms. The zero-order valence-electron chi connectivity index (χ0n) is 13.2. The summed E-state index contributed by atoms with van der Waals surface area (Å²) in [5.74, 6) is 0. The van der Waals surface area contributed by atoms with Crippen LogP contribution in [0.2, 0.25) is 0 Å². The van der Waals surface area contributed by atoms with Gasteiger partial charge in [0.05, 0.1) is 11.7 Å². The average molecular weight is 311 g/mol. The molecule has 6 nitrogen and oxygen atoms in total. The number of carbonyl (C=O) groups is 1. The molecule has 2 amide bonds. The molecule has 0 aromatic carbocycles. The van der Waals surface area contributed by atoms with Crippen LogP contribution in [0, 0.1) is 0 Å². The van der Waals surface area contributed by atoms with E-state index in [0.29, 0.717) is 13.1 Å². The summed E-state index contributed by atoms with van der Waals surface area (Å²) in [5, 5.41) is 3.02. The zero-order valence-corrected chi connectivity index (χ0v) is 13.2. The molecule has 0 radical (unpaired) electrons. The van der Waals surface area contributed by atoms with Crippen molar-refractivity contribution in [2.75, 3.05) is 31.1 Å². The molecule has 0 saturated carbocycles. The highest BCUT2D eigenvalue weighted by molar-refractivity contribution is 5.75. The van der Waals surface area contributed by atoms with Gasteiger partial charge < -0.3 is 15.1 Å². The molecule has 0 bridgehead atoms. The Balaban J connectivity index is 1.52. The van der Waals surface area contributed by atoms with Crippen molar-refractivity contribution in [3.63, 3.8) is 0 Å². The number of nitrogens with zero attached hydrogens (tertiary/aromatic N) is 4. The maximum atomic E-state index is 12.4. The van der Waals surface area contributed by atoms with E-state index >= 15 is 0 Å². The van der Waals surface area contributed by atoms with Gasteiger partial charge >= 0.3 is 6.03 Å². The second kappa shape index (κ2) is 7.09. The number of nitrogens with one attached hydrogen (secondary N) is 1. The summed E-state index contributed by atoms with van der Waals surface area (Å²) in [6.07, 6.45) is 5.33. The fourth-order valence-corrected chi connectivity index (χ4v) is 2.71. The molecule has 1 saturated heterocycles. The predicted molar refractivity (Wildman–Crippen MR) is 89.2 cm³/mol. The lowest BCUT2D eigenvalue weighted by atomic mass is 10.2. The lowest BCUT2D eigenvalue weighted by Crippen LogP contribution is -2.52. The van der Waals surface area contributed by atoms with Gasteiger partial charge in [0.15, 0.2) is 0 Å². The van der Waals surface area contributed by atoms with E-state index in [9.17, 15) is 4.79 Å². The van der Waals surface area contributed by atoms with Crippen LogP contribution >= 0.6 is 0 Å². The van der Waals surface area contributed by atoms with E-state index in [-0.39, 0.29) is 12.1 Å². The third-order valence-electron chi connectivity index (χ3n) is 4.07. The smallest absolute Gasteiger partial charge is 0.318 e. The lowest BCUT2D eigenvalue weighted by molar-refractivity contribution is 0.191. The molecular formula is C17H21N5O. The van der Waals surface area contributed by atoms with Gasteiger partial charge in [-0.3, -0.25) is 9.97 Å². The molecule has 120 valence electrons. The molecule has 3 heterocycles. The SMILES string of the molecule is C[C@@H](NC(=O)N1CCN(c2ccncc2)CC1)c1ccccn1. The van der Waals surface area contributed by atoms with Gasteiger partial charge in [-0.15, -0.1) is 0 Å². The molecule has 1 fully saturated rings. The van der Waals surface area contributed by atoms with Gasteiger partial charge in [0.2, 0.25) is 0 Å². The number of piperazine rings is 1. The minimum atomic E-state index is -0.0954. The van der Waals surface area contributed by atoms with Gasteiger partial charge in [0, 0.05) is 50.5 Å². The maximum Gasteiger partial charge on any atom is 0.318 e. The Morgan fingerprint density at radius 1 is 1.09 bits per heavy atom. The summed E-state index contributed by atoms with van der Waals surface area (Å²) in [5.41, 5.74) is 2.03. The van der Waals surface area contributed by atoms with Gasteiger partial charge in [-0.1, -0.05) is 6.07 Å². The van der Waals surface area contributed by atoms with Crippen LogP contribution in [0.5, 0.6) is 0 Å². The number of rotatable bonds is 3. The Morgan fingerprint density at radius 2 is 1.83 bits per heavy atom. The number of carbonyl (C=O) groups excluding carboxylic acids is 1. The third kappa shape index (κ3) is 3.77. The fraction of sp³-hybridized carbons (Fsp3) is 0.353. The summed E-state index contributed by atoms with van der Waals surface area (Å²) in [6, 6.07) is 9.60. The zero-order chi connectivity index (χ0) is 16.1. The van der Waals surface area contributed by atoms with Crippen LogP contribution in [0.1, 0.15) is 18.7 Å². The van der Waals surface area contributed by atoms with Crippen LogP contribution in [0.3, 0.4) is 0 Å². The van der Waals surface area contributed by atoms with Crippen LogP contribution in [0.25, 0.3) is 0 Å². The summed E-state index contributed by atoms with van der Waals surface area (Å²) in [6.45, 7) is 5.03. The van der Waals surface area contributed by atoms with Gasteiger partial charge in [-0.05, 0) is 31.2 Å². The molecule has 1 N–H and O–H groups in total. The first kappa shape index (κ1) is 15.3. The second-order valence-electron chi connectivity index (χ2n) is 5.61. The Morgan fingerprint density at radius 3 is 2.48 bits per heavy atom. The summed E-state index contributed by atoms with van der Waals surface area (Å²) >= 11 is 0. The van der Waals surface area contributed by atoms with Gasteiger partial charge in [-0.25, -0.2) is 4.79 Å². The lowest BCUT2D eigenvalue weighted by Gasteiger charge is -2.36. The minimum absolute atomic E-state index is 0.0301. The molecule has 0 spiro atoms. The molecule has 0 aliphatic carbocycles. The van der Waals surface area contributed by atoms with Crippen molar-refractivity contribution in [1.29, 1.82) is 0 Å². The summed E-state index contributed by atoms with van der Waals surface area (Å²) in [7, 11) is 0. The number of urea groups is 1. The maximum absolute atomic E-state index is 12.4. The van der Waals surface area contributed by atoms with Crippen molar-refractivity contribution in [3.8, 4) is 0 Å². The van der Waals surface area contributed by atoms with Crippen molar-refractivity contribution in [2.24, 2.45) is 0 Å². The van der Waals surface area contributed by atoms with Crippen LogP contribution < -0.4 is 10.2 Å². The number of pyridine rings is 2. The van der Waals surface area contributed by atoms with Crippen LogP contribution in [-0.4, -0.2) is 47.1 Å².